The van der Waals surface area contributed by atoms with Crippen molar-refractivity contribution in [3.05, 3.63) is 60.2 Å². The third-order valence-corrected chi connectivity index (χ3v) is 7.56. The van der Waals surface area contributed by atoms with Crippen molar-refractivity contribution in [1.82, 2.24) is 9.62 Å². The van der Waals surface area contributed by atoms with Gasteiger partial charge in [0.1, 0.15) is 0 Å². The third-order valence-electron chi connectivity index (χ3n) is 5.65. The molecule has 1 fully saturated rings. The Morgan fingerprint density at radius 2 is 1.70 bits per heavy atom. The Kier molecular flexibility index (Phi) is 7.50. The van der Waals surface area contributed by atoms with Gasteiger partial charge in [-0.3, -0.25) is 4.79 Å². The maximum atomic E-state index is 12.8. The van der Waals surface area contributed by atoms with Crippen LogP contribution in [0.5, 0.6) is 0 Å². The Balaban J connectivity index is 1.41. The minimum Gasteiger partial charge on any atom is -0.375 e. The van der Waals surface area contributed by atoms with Gasteiger partial charge in [-0.2, -0.15) is 4.31 Å². The molecule has 0 bridgehead atoms. The highest BCUT2D eigenvalue weighted by atomic mass is 32.2. The van der Waals surface area contributed by atoms with Gasteiger partial charge in [0.2, 0.25) is 15.9 Å². The topological polar surface area (TPSA) is 69.7 Å². The zero-order chi connectivity index (χ0) is 21.6. The standard InChI is InChI=1S/C23H31N3O3S/c1-19-9-11-22(12-10-19)30(28,29)26-17-13-20(14-18-26)23(27)24-15-6-16-25(2)21-7-4-3-5-8-21/h3-5,7-12,20H,6,13-18H2,1-2H3,(H,24,27). The number of aryl methyl sites for hydroxylation is 1. The van der Waals surface area contributed by atoms with Gasteiger partial charge in [0.25, 0.3) is 0 Å². The van der Waals surface area contributed by atoms with E-state index in [4.69, 9.17) is 0 Å². The number of carbonyl (C=O) groups is 1. The number of piperidine rings is 1. The van der Waals surface area contributed by atoms with E-state index in [2.05, 4.69) is 22.3 Å². The SMILES string of the molecule is Cc1ccc(S(=O)(=O)N2CCC(C(=O)NCCCN(C)c3ccccc3)CC2)cc1. The summed E-state index contributed by atoms with van der Waals surface area (Å²) < 4.78 is 27.1. The minimum absolute atomic E-state index is 0.0322. The highest BCUT2D eigenvalue weighted by Gasteiger charge is 2.31. The lowest BCUT2D eigenvalue weighted by Crippen LogP contribution is -2.43. The van der Waals surface area contributed by atoms with Gasteiger partial charge in [-0.1, -0.05) is 35.9 Å². The van der Waals surface area contributed by atoms with Gasteiger partial charge in [0.15, 0.2) is 0 Å². The summed E-state index contributed by atoms with van der Waals surface area (Å²) in [5.41, 5.74) is 2.19. The molecule has 2 aromatic carbocycles. The molecule has 3 rings (SSSR count). The number of carbonyl (C=O) groups excluding carboxylic acids is 1. The van der Waals surface area contributed by atoms with Gasteiger partial charge in [-0.05, 0) is 50.5 Å². The fraction of sp³-hybridized carbons (Fsp3) is 0.435. The Morgan fingerprint density at radius 3 is 2.33 bits per heavy atom. The highest BCUT2D eigenvalue weighted by Crippen LogP contribution is 2.24. The molecule has 30 heavy (non-hydrogen) atoms. The van der Waals surface area contributed by atoms with E-state index in [0.717, 1.165) is 24.2 Å². The van der Waals surface area contributed by atoms with E-state index in [1.165, 1.54) is 4.31 Å². The number of nitrogens with zero attached hydrogens (tertiary/aromatic N) is 2. The number of nitrogens with one attached hydrogen (secondary N) is 1. The van der Waals surface area contributed by atoms with Crippen molar-refractivity contribution in [3.8, 4) is 0 Å². The molecule has 0 aromatic heterocycles. The van der Waals surface area contributed by atoms with E-state index in [1.807, 2.05) is 44.3 Å². The molecule has 1 heterocycles. The molecule has 1 saturated heterocycles. The molecule has 1 amide bonds. The van der Waals surface area contributed by atoms with Gasteiger partial charge in [0, 0.05) is 44.8 Å². The van der Waals surface area contributed by atoms with E-state index in [-0.39, 0.29) is 11.8 Å². The van der Waals surface area contributed by atoms with Gasteiger partial charge in [-0.25, -0.2) is 8.42 Å². The zero-order valence-electron chi connectivity index (χ0n) is 17.8. The second-order valence-electron chi connectivity index (χ2n) is 7.89. The third kappa shape index (κ3) is 5.61. The lowest BCUT2D eigenvalue weighted by Gasteiger charge is -2.30. The molecular formula is C23H31N3O3S. The van der Waals surface area contributed by atoms with Crippen molar-refractivity contribution < 1.29 is 13.2 Å². The summed E-state index contributed by atoms with van der Waals surface area (Å²) in [5.74, 6) is -0.0916. The Bertz CT molecular complexity index is 922. The molecule has 0 spiro atoms. The van der Waals surface area contributed by atoms with Crippen molar-refractivity contribution in [1.29, 1.82) is 0 Å². The summed E-state index contributed by atoms with van der Waals surface area (Å²) in [7, 11) is -1.45. The molecule has 6 nitrogen and oxygen atoms in total. The van der Waals surface area contributed by atoms with Crippen LogP contribution in [0.2, 0.25) is 0 Å². The quantitative estimate of drug-likeness (QED) is 0.655. The molecular weight excluding hydrogens is 398 g/mol. The fourth-order valence-electron chi connectivity index (χ4n) is 3.70. The zero-order valence-corrected chi connectivity index (χ0v) is 18.6. The monoisotopic (exact) mass is 429 g/mol. The first kappa shape index (κ1) is 22.3. The van der Waals surface area contributed by atoms with Crippen molar-refractivity contribution >= 4 is 21.6 Å². The van der Waals surface area contributed by atoms with Crippen LogP contribution in [0.1, 0.15) is 24.8 Å². The molecule has 162 valence electrons. The van der Waals surface area contributed by atoms with Gasteiger partial charge in [0.05, 0.1) is 4.90 Å². The van der Waals surface area contributed by atoms with Crippen LogP contribution in [0.4, 0.5) is 5.69 Å². The number of amides is 1. The summed E-state index contributed by atoms with van der Waals surface area (Å²) in [6.45, 7) is 4.17. The lowest BCUT2D eigenvalue weighted by molar-refractivity contribution is -0.126. The molecule has 0 radical (unpaired) electrons. The molecule has 1 aliphatic rings. The number of rotatable bonds is 8. The number of sulfonamides is 1. The number of para-hydroxylation sites is 1. The molecule has 7 heteroatoms. The van der Waals surface area contributed by atoms with E-state index in [9.17, 15) is 13.2 Å². The van der Waals surface area contributed by atoms with Crippen LogP contribution in [0.15, 0.2) is 59.5 Å². The molecule has 2 aromatic rings. The van der Waals surface area contributed by atoms with Crippen LogP contribution in [0, 0.1) is 12.8 Å². The van der Waals surface area contributed by atoms with Crippen LogP contribution in [-0.4, -0.2) is 51.9 Å². The summed E-state index contributed by atoms with van der Waals surface area (Å²) in [4.78, 5) is 15.0. The summed E-state index contributed by atoms with van der Waals surface area (Å²) in [5, 5.41) is 3.02. The average molecular weight is 430 g/mol. The summed E-state index contributed by atoms with van der Waals surface area (Å²) >= 11 is 0. The molecule has 0 saturated carbocycles. The van der Waals surface area contributed by atoms with Crippen LogP contribution in [0.3, 0.4) is 0 Å². The second kappa shape index (κ2) is 10.1. The largest absolute Gasteiger partial charge is 0.375 e. The van der Waals surface area contributed by atoms with E-state index in [0.29, 0.717) is 37.4 Å². The molecule has 1 N–H and O–H groups in total. The molecule has 0 atom stereocenters. The lowest BCUT2D eigenvalue weighted by atomic mass is 9.97. The first-order chi connectivity index (χ1) is 14.4. The Morgan fingerprint density at radius 1 is 1.07 bits per heavy atom. The first-order valence-electron chi connectivity index (χ1n) is 10.5. The van der Waals surface area contributed by atoms with Gasteiger partial charge < -0.3 is 10.2 Å². The predicted molar refractivity (Wildman–Crippen MR) is 120 cm³/mol. The maximum Gasteiger partial charge on any atom is 0.243 e. The average Bonchev–Trinajstić information content (AvgIpc) is 2.77. The van der Waals surface area contributed by atoms with Crippen LogP contribution >= 0.6 is 0 Å². The smallest absolute Gasteiger partial charge is 0.243 e. The van der Waals surface area contributed by atoms with Gasteiger partial charge >= 0.3 is 0 Å². The van der Waals surface area contributed by atoms with Crippen LogP contribution in [0.25, 0.3) is 0 Å². The van der Waals surface area contributed by atoms with Crippen molar-refractivity contribution in [2.24, 2.45) is 5.92 Å². The fourth-order valence-corrected chi connectivity index (χ4v) is 5.17. The maximum absolute atomic E-state index is 12.8. The molecule has 0 aliphatic carbocycles. The van der Waals surface area contributed by atoms with Crippen molar-refractivity contribution in [2.75, 3.05) is 38.1 Å². The number of anilines is 1. The van der Waals surface area contributed by atoms with E-state index in [1.54, 1.807) is 12.1 Å². The Labute approximate surface area is 179 Å². The highest BCUT2D eigenvalue weighted by molar-refractivity contribution is 7.89. The minimum atomic E-state index is -3.49. The van der Waals surface area contributed by atoms with E-state index < -0.39 is 10.0 Å². The predicted octanol–water partition coefficient (Wildman–Crippen LogP) is 3.04. The number of hydrogen-bond donors (Lipinski definition) is 1. The van der Waals surface area contributed by atoms with Crippen LogP contribution in [-0.2, 0) is 14.8 Å². The van der Waals surface area contributed by atoms with Gasteiger partial charge in [-0.15, -0.1) is 0 Å². The van der Waals surface area contributed by atoms with Crippen molar-refractivity contribution in [2.45, 2.75) is 31.1 Å². The van der Waals surface area contributed by atoms with Crippen molar-refractivity contribution in [3.63, 3.8) is 0 Å². The second-order valence-corrected chi connectivity index (χ2v) is 9.83. The van der Waals surface area contributed by atoms with Crippen LogP contribution < -0.4 is 10.2 Å². The summed E-state index contributed by atoms with van der Waals surface area (Å²) in [6, 6.07) is 17.1. The normalized spacial score (nSPS) is 15.7. The number of hydrogen-bond acceptors (Lipinski definition) is 4. The molecule has 1 aliphatic heterocycles. The molecule has 0 unspecified atom stereocenters. The summed E-state index contributed by atoms with van der Waals surface area (Å²) in [6.07, 6.45) is 1.97. The van der Waals surface area contributed by atoms with E-state index >= 15 is 0 Å². The first-order valence-corrected chi connectivity index (χ1v) is 11.9. The Hall–Kier alpha value is -2.38. The number of benzene rings is 2.